The van der Waals surface area contributed by atoms with Gasteiger partial charge in [-0.1, -0.05) is 42.1 Å². The normalized spacial score (nSPS) is 11.9. The molecule has 0 spiro atoms. The second-order valence-electron chi connectivity index (χ2n) is 6.70. The van der Waals surface area contributed by atoms with Gasteiger partial charge in [-0.2, -0.15) is 0 Å². The van der Waals surface area contributed by atoms with Crippen LogP contribution in [0.5, 0.6) is 0 Å². The van der Waals surface area contributed by atoms with Crippen LogP contribution in [0, 0.1) is 0 Å². The lowest BCUT2D eigenvalue weighted by molar-refractivity contribution is -0.119. The molecule has 4 aromatic rings. The minimum atomic E-state index is -0.0637. The molecule has 0 fully saturated rings. The Hall–Kier alpha value is -3.39. The molecular formula is C22H21N5O2S. The Labute approximate surface area is 178 Å². The van der Waals surface area contributed by atoms with E-state index in [0.29, 0.717) is 17.5 Å². The molecule has 0 radical (unpaired) electrons. The minimum absolute atomic E-state index is 0.0631. The summed E-state index contributed by atoms with van der Waals surface area (Å²) in [7, 11) is 0. The Morgan fingerprint density at radius 1 is 1.13 bits per heavy atom. The van der Waals surface area contributed by atoms with E-state index in [-0.39, 0.29) is 17.7 Å². The third-order valence-electron chi connectivity index (χ3n) is 4.54. The van der Waals surface area contributed by atoms with Gasteiger partial charge in [0.1, 0.15) is 5.76 Å². The lowest BCUT2D eigenvalue weighted by Crippen LogP contribution is -2.28. The quantitative estimate of drug-likeness (QED) is 0.435. The van der Waals surface area contributed by atoms with Crippen molar-refractivity contribution in [2.75, 3.05) is 5.75 Å². The van der Waals surface area contributed by atoms with Gasteiger partial charge in [0, 0.05) is 18.0 Å². The van der Waals surface area contributed by atoms with Gasteiger partial charge in [-0.3, -0.25) is 14.3 Å². The van der Waals surface area contributed by atoms with Gasteiger partial charge in [0.25, 0.3) is 0 Å². The average molecular weight is 420 g/mol. The summed E-state index contributed by atoms with van der Waals surface area (Å²) in [4.78, 5) is 16.7. The third-order valence-corrected chi connectivity index (χ3v) is 5.51. The van der Waals surface area contributed by atoms with Gasteiger partial charge in [0.15, 0.2) is 11.0 Å². The van der Waals surface area contributed by atoms with E-state index < -0.39 is 0 Å². The van der Waals surface area contributed by atoms with E-state index in [2.05, 4.69) is 20.5 Å². The number of rotatable bonds is 8. The van der Waals surface area contributed by atoms with E-state index in [1.54, 1.807) is 18.7 Å². The standard InChI is InChI=1S/C22H21N5O2S/c1-16(17-7-3-2-4-8-17)24-20(28)15-30-22-26-25-21(18-9-5-11-23-13-18)27(22)14-19-10-6-12-29-19/h2-13,16H,14-15H2,1H3,(H,24,28)/t16-/m0/s1. The highest BCUT2D eigenvalue weighted by atomic mass is 32.2. The highest BCUT2D eigenvalue weighted by Gasteiger charge is 2.18. The number of thioether (sulfide) groups is 1. The lowest BCUT2D eigenvalue weighted by atomic mass is 10.1. The van der Waals surface area contributed by atoms with Gasteiger partial charge in [-0.15, -0.1) is 10.2 Å². The highest BCUT2D eigenvalue weighted by Crippen LogP contribution is 2.25. The van der Waals surface area contributed by atoms with Crippen molar-refractivity contribution in [1.29, 1.82) is 0 Å². The number of carbonyl (C=O) groups is 1. The van der Waals surface area contributed by atoms with Crippen LogP contribution in [0.15, 0.2) is 82.8 Å². The third kappa shape index (κ3) is 4.77. The fourth-order valence-electron chi connectivity index (χ4n) is 3.04. The SMILES string of the molecule is C[C@H](NC(=O)CSc1nnc(-c2cccnc2)n1Cc1ccco1)c1ccccc1. The molecule has 0 saturated carbocycles. The molecule has 1 amide bonds. The molecule has 7 nitrogen and oxygen atoms in total. The average Bonchev–Trinajstić information content (AvgIpc) is 3.44. The molecule has 8 heteroatoms. The Balaban J connectivity index is 1.48. The van der Waals surface area contributed by atoms with Crippen LogP contribution in [0.2, 0.25) is 0 Å². The molecular weight excluding hydrogens is 398 g/mol. The minimum Gasteiger partial charge on any atom is -0.467 e. The largest absolute Gasteiger partial charge is 0.467 e. The molecule has 1 N–H and O–H groups in total. The van der Waals surface area contributed by atoms with Crippen LogP contribution in [0.4, 0.5) is 0 Å². The summed E-state index contributed by atoms with van der Waals surface area (Å²) >= 11 is 1.34. The monoisotopic (exact) mass is 419 g/mol. The van der Waals surface area contributed by atoms with Crippen LogP contribution in [0.1, 0.15) is 24.3 Å². The molecule has 0 bridgehead atoms. The summed E-state index contributed by atoms with van der Waals surface area (Å²) in [6.07, 6.45) is 5.09. The smallest absolute Gasteiger partial charge is 0.230 e. The molecule has 3 heterocycles. The number of hydrogen-bond acceptors (Lipinski definition) is 6. The Morgan fingerprint density at radius 2 is 2.00 bits per heavy atom. The van der Waals surface area contributed by atoms with Gasteiger partial charge in [-0.25, -0.2) is 0 Å². The zero-order valence-corrected chi connectivity index (χ0v) is 17.2. The molecule has 0 aliphatic heterocycles. The molecule has 4 rings (SSSR count). The Morgan fingerprint density at radius 3 is 2.73 bits per heavy atom. The van der Waals surface area contributed by atoms with Crippen molar-refractivity contribution >= 4 is 17.7 Å². The zero-order valence-electron chi connectivity index (χ0n) is 16.4. The molecule has 0 aliphatic carbocycles. The predicted octanol–water partition coefficient (Wildman–Crippen LogP) is 3.95. The summed E-state index contributed by atoms with van der Waals surface area (Å²) < 4.78 is 7.44. The van der Waals surface area contributed by atoms with E-state index in [0.717, 1.165) is 16.9 Å². The second kappa shape index (κ2) is 9.41. The number of aromatic nitrogens is 4. The molecule has 30 heavy (non-hydrogen) atoms. The van der Waals surface area contributed by atoms with Crippen molar-refractivity contribution in [2.45, 2.75) is 24.7 Å². The van der Waals surface area contributed by atoms with Gasteiger partial charge < -0.3 is 9.73 Å². The van der Waals surface area contributed by atoms with Crippen molar-refractivity contribution in [3.63, 3.8) is 0 Å². The summed E-state index contributed by atoms with van der Waals surface area (Å²) in [5.74, 6) is 1.64. The van der Waals surface area contributed by atoms with Gasteiger partial charge >= 0.3 is 0 Å². The molecule has 1 atom stereocenters. The van der Waals surface area contributed by atoms with Crippen LogP contribution < -0.4 is 5.32 Å². The first-order valence-electron chi connectivity index (χ1n) is 9.54. The molecule has 0 aliphatic rings. The zero-order chi connectivity index (χ0) is 20.8. The molecule has 1 aromatic carbocycles. The summed E-state index contributed by atoms with van der Waals surface area (Å²) in [6.45, 7) is 2.44. The van der Waals surface area contributed by atoms with E-state index in [1.807, 2.05) is 66.1 Å². The van der Waals surface area contributed by atoms with Gasteiger partial charge in [0.2, 0.25) is 5.91 Å². The maximum absolute atomic E-state index is 12.5. The molecule has 3 aromatic heterocycles. The fraction of sp³-hybridized carbons (Fsp3) is 0.182. The number of amides is 1. The van der Waals surface area contributed by atoms with E-state index in [4.69, 9.17) is 4.42 Å². The number of carbonyl (C=O) groups excluding carboxylic acids is 1. The van der Waals surface area contributed by atoms with Crippen LogP contribution in [-0.2, 0) is 11.3 Å². The second-order valence-corrected chi connectivity index (χ2v) is 7.64. The molecule has 0 saturated heterocycles. The van der Waals surface area contributed by atoms with Crippen molar-refractivity contribution < 1.29 is 9.21 Å². The Kier molecular flexibility index (Phi) is 6.24. The van der Waals surface area contributed by atoms with E-state index in [9.17, 15) is 4.79 Å². The fourth-order valence-corrected chi connectivity index (χ4v) is 3.79. The first-order valence-corrected chi connectivity index (χ1v) is 10.5. The summed E-state index contributed by atoms with van der Waals surface area (Å²) in [6, 6.07) is 17.3. The van der Waals surface area contributed by atoms with Crippen LogP contribution in [0.25, 0.3) is 11.4 Å². The van der Waals surface area contributed by atoms with E-state index >= 15 is 0 Å². The number of furan rings is 1. The van der Waals surface area contributed by atoms with Crippen LogP contribution >= 0.6 is 11.8 Å². The van der Waals surface area contributed by atoms with Crippen LogP contribution in [-0.4, -0.2) is 31.4 Å². The van der Waals surface area contributed by atoms with E-state index in [1.165, 1.54) is 11.8 Å². The predicted molar refractivity (Wildman–Crippen MR) is 115 cm³/mol. The lowest BCUT2D eigenvalue weighted by Gasteiger charge is -2.14. The number of nitrogens with one attached hydrogen (secondary N) is 1. The number of benzene rings is 1. The maximum atomic E-state index is 12.5. The van der Waals surface area contributed by atoms with Crippen molar-refractivity contribution in [3.8, 4) is 11.4 Å². The molecule has 0 unspecified atom stereocenters. The highest BCUT2D eigenvalue weighted by molar-refractivity contribution is 7.99. The van der Waals surface area contributed by atoms with Gasteiger partial charge in [0.05, 0.1) is 24.6 Å². The summed E-state index contributed by atoms with van der Waals surface area (Å²) in [5.41, 5.74) is 1.92. The number of hydrogen-bond donors (Lipinski definition) is 1. The topological polar surface area (TPSA) is 85.8 Å². The first-order chi connectivity index (χ1) is 14.7. The summed E-state index contributed by atoms with van der Waals surface area (Å²) in [5, 5.41) is 12.3. The van der Waals surface area contributed by atoms with Gasteiger partial charge in [-0.05, 0) is 36.8 Å². The number of pyridine rings is 1. The Bertz CT molecular complexity index is 1080. The van der Waals surface area contributed by atoms with Crippen molar-refractivity contribution in [2.24, 2.45) is 0 Å². The van der Waals surface area contributed by atoms with Crippen LogP contribution in [0.3, 0.4) is 0 Å². The first kappa shape index (κ1) is 19.9. The van der Waals surface area contributed by atoms with Crippen molar-refractivity contribution in [1.82, 2.24) is 25.1 Å². The molecule has 152 valence electrons. The number of nitrogens with zero attached hydrogens (tertiary/aromatic N) is 4. The maximum Gasteiger partial charge on any atom is 0.230 e. The van der Waals surface area contributed by atoms with Crippen molar-refractivity contribution in [3.05, 3.63) is 84.6 Å².